The molecule has 3 nitrogen and oxygen atoms in total. The zero-order valence-corrected chi connectivity index (χ0v) is 21.8. The molecule has 1 aliphatic heterocycles. The van der Waals surface area contributed by atoms with Crippen LogP contribution in [0.1, 0.15) is 30.5 Å². The molecule has 0 unspecified atom stereocenters. The van der Waals surface area contributed by atoms with Crippen molar-refractivity contribution in [3.05, 3.63) is 103 Å². The maximum absolute atomic E-state index is 4.57. The Balaban J connectivity index is 0.000000239. The third-order valence-electron chi connectivity index (χ3n) is 5.10. The third kappa shape index (κ3) is 7.46. The molecule has 0 aromatic heterocycles. The van der Waals surface area contributed by atoms with Crippen LogP contribution in [0.3, 0.4) is 0 Å². The van der Waals surface area contributed by atoms with Gasteiger partial charge in [-0.3, -0.25) is 0 Å². The molecule has 3 aromatic rings. The van der Waals surface area contributed by atoms with Crippen LogP contribution in [0, 0.1) is 27.4 Å². The van der Waals surface area contributed by atoms with Gasteiger partial charge in [0.15, 0.2) is 11.9 Å². The Morgan fingerprint density at radius 1 is 0.812 bits per heavy atom. The number of para-hydroxylation sites is 3. The van der Waals surface area contributed by atoms with Crippen LogP contribution in [-0.2, 0) is 17.3 Å². The van der Waals surface area contributed by atoms with Gasteiger partial charge in [-0.2, -0.15) is 19.7 Å². The van der Waals surface area contributed by atoms with Gasteiger partial charge in [-0.1, -0.05) is 42.5 Å². The number of aromatic hydroxyl groups is 1. The molecule has 4 rings (SSSR count). The van der Waals surface area contributed by atoms with Gasteiger partial charge in [-0.05, 0) is 43.2 Å². The summed E-state index contributed by atoms with van der Waals surface area (Å²) in [7, 11) is 4.57. The van der Waals surface area contributed by atoms with E-state index in [2.05, 4.69) is 114 Å². The van der Waals surface area contributed by atoms with Crippen molar-refractivity contribution in [3.8, 4) is 5.75 Å². The number of aliphatic hydroxyl groups is 1. The Kier molecular flexibility index (Phi) is 10.9. The number of benzene rings is 3. The van der Waals surface area contributed by atoms with E-state index in [0.29, 0.717) is 6.10 Å². The molecule has 0 aliphatic carbocycles. The first-order valence-electron chi connectivity index (χ1n) is 10.7. The molecule has 0 amide bonds. The number of nitrogens with zero attached hydrogens (tertiary/aromatic N) is 2. The van der Waals surface area contributed by atoms with Crippen LogP contribution in [-0.4, -0.2) is 23.9 Å². The number of hydrogen-bond donors (Lipinski definition) is 0. The van der Waals surface area contributed by atoms with Crippen LogP contribution in [0.2, 0.25) is 0 Å². The van der Waals surface area contributed by atoms with Crippen molar-refractivity contribution in [2.24, 2.45) is 0 Å². The number of ether oxygens (including phenoxy) is 1. The Bertz CT molecular complexity index is 912. The van der Waals surface area contributed by atoms with E-state index < -0.39 is 0 Å². The zero-order valence-electron chi connectivity index (χ0n) is 19.3. The Hall–Kier alpha value is -2.16. The van der Waals surface area contributed by atoms with Gasteiger partial charge in [0.25, 0.3) is 0 Å². The average Bonchev–Trinajstić information content (AvgIpc) is 3.27. The fraction of sp³-hybridized carbons (Fsp3) is 0.259. The van der Waals surface area contributed by atoms with Crippen molar-refractivity contribution in [1.29, 1.82) is 0 Å². The fourth-order valence-corrected chi connectivity index (χ4v) is 3.55. The molecule has 0 atom stereocenters. The van der Waals surface area contributed by atoms with Crippen LogP contribution < -0.4 is 9.80 Å². The molecule has 1 aliphatic rings. The second-order valence-electron chi connectivity index (χ2n) is 7.93. The SMILES string of the molecule is Cc1ccccc1N1[CH-]N(c2ccccc2C)CC1.[CH2-]c1ccccc1[OH+]C(C)C.[Cl][Ru+2]. The van der Waals surface area contributed by atoms with E-state index in [4.69, 9.17) is 0 Å². The van der Waals surface area contributed by atoms with Crippen molar-refractivity contribution >= 4 is 21.1 Å². The summed E-state index contributed by atoms with van der Waals surface area (Å²) >= 11 is 1.82. The number of anilines is 2. The fourth-order valence-electron chi connectivity index (χ4n) is 3.55. The number of halogens is 1. The van der Waals surface area contributed by atoms with E-state index in [1.165, 1.54) is 22.5 Å². The quantitative estimate of drug-likeness (QED) is 0.204. The Labute approximate surface area is 208 Å². The molecule has 171 valence electrons. The van der Waals surface area contributed by atoms with Crippen LogP contribution in [0.4, 0.5) is 11.4 Å². The Morgan fingerprint density at radius 3 is 1.69 bits per heavy atom. The summed E-state index contributed by atoms with van der Waals surface area (Å²) in [4.78, 5) is 4.67. The van der Waals surface area contributed by atoms with Gasteiger partial charge in [0, 0.05) is 38.3 Å². The van der Waals surface area contributed by atoms with E-state index in [0.717, 1.165) is 24.4 Å². The van der Waals surface area contributed by atoms with Gasteiger partial charge in [0.05, 0.1) is 0 Å². The summed E-state index contributed by atoms with van der Waals surface area (Å²) in [6.45, 7) is 16.6. The average molecular weight is 538 g/mol. The topological polar surface area (TPSA) is 19.3 Å². The predicted octanol–water partition coefficient (Wildman–Crippen LogP) is 6.95. The summed E-state index contributed by atoms with van der Waals surface area (Å²) in [6, 6.07) is 25.0. The molecule has 5 heteroatoms. The van der Waals surface area contributed by atoms with Crippen molar-refractivity contribution < 1.29 is 22.0 Å². The second-order valence-corrected chi connectivity index (χ2v) is 7.93. The molecule has 32 heavy (non-hydrogen) atoms. The molecule has 0 radical (unpaired) electrons. The molecule has 0 saturated carbocycles. The summed E-state index contributed by atoms with van der Waals surface area (Å²) < 4.78 is 4.40. The molecule has 0 bridgehead atoms. The first kappa shape index (κ1) is 26.1. The van der Waals surface area contributed by atoms with Crippen LogP contribution in [0.15, 0.2) is 72.8 Å². The minimum atomic E-state index is 0.345. The van der Waals surface area contributed by atoms with Crippen LogP contribution in [0.25, 0.3) is 0 Å². The molecular weight excluding hydrogens is 505 g/mol. The monoisotopic (exact) mass is 538 g/mol. The van der Waals surface area contributed by atoms with Gasteiger partial charge in [0.2, 0.25) is 0 Å². The van der Waals surface area contributed by atoms with Gasteiger partial charge in [0.1, 0.15) is 0 Å². The predicted molar refractivity (Wildman–Crippen MR) is 135 cm³/mol. The van der Waals surface area contributed by atoms with Crippen molar-refractivity contribution in [2.45, 2.75) is 33.8 Å². The van der Waals surface area contributed by atoms with E-state index in [-0.39, 0.29) is 0 Å². The summed E-state index contributed by atoms with van der Waals surface area (Å²) in [6.07, 6.45) is 0.345. The van der Waals surface area contributed by atoms with Gasteiger partial charge < -0.3 is 14.5 Å². The molecule has 3 aromatic carbocycles. The number of rotatable bonds is 4. The molecular formula is C27H33ClN2ORu+. The van der Waals surface area contributed by atoms with Crippen molar-refractivity contribution in [2.75, 3.05) is 22.9 Å². The zero-order chi connectivity index (χ0) is 23.5. The first-order chi connectivity index (χ1) is 15.5. The standard InChI is InChI=1S/C17H19N2.C10H13O.ClH.Ru/c1-14-7-3-5-9-16(14)18-11-12-19(13-18)17-10-6-4-8-15(17)2;1-8(2)11-10-7-5-4-6-9(10)3;;/h3-10,13H,11-12H2,1-2H3;4-8H,3H2,1-2H3;1H;/q2*-1;;+3. The van der Waals surface area contributed by atoms with Gasteiger partial charge in [-0.15, -0.1) is 11.6 Å². The molecule has 0 spiro atoms. The summed E-state index contributed by atoms with van der Waals surface area (Å²) in [5.41, 5.74) is 6.26. The van der Waals surface area contributed by atoms with Crippen LogP contribution in [0.5, 0.6) is 5.75 Å². The molecule has 1 heterocycles. The van der Waals surface area contributed by atoms with Crippen molar-refractivity contribution in [1.82, 2.24) is 0 Å². The van der Waals surface area contributed by atoms with E-state index in [9.17, 15) is 0 Å². The maximum atomic E-state index is 4.57. The third-order valence-corrected chi connectivity index (χ3v) is 5.10. The summed E-state index contributed by atoms with van der Waals surface area (Å²) in [5, 5.41) is 0. The second kappa shape index (κ2) is 13.4. The Morgan fingerprint density at radius 2 is 1.25 bits per heavy atom. The first-order valence-corrected chi connectivity index (χ1v) is 12.9. The number of hydrogen-bond acceptors (Lipinski definition) is 2. The van der Waals surface area contributed by atoms with Gasteiger partial charge in [-0.25, -0.2) is 0 Å². The number of aryl methyl sites for hydroxylation is 2. The normalized spacial score (nSPS) is 12.6. The van der Waals surface area contributed by atoms with E-state index in [1.807, 2.05) is 41.6 Å². The van der Waals surface area contributed by atoms with Gasteiger partial charge >= 0.3 is 27.0 Å². The minimum absolute atomic E-state index is 0.345. The molecule has 1 fully saturated rings. The van der Waals surface area contributed by atoms with Crippen LogP contribution >= 0.6 is 9.69 Å². The molecule has 1 N–H and O–H groups in total. The molecule has 1 saturated heterocycles. The van der Waals surface area contributed by atoms with E-state index in [1.54, 1.807) is 0 Å². The van der Waals surface area contributed by atoms with Crippen molar-refractivity contribution in [3.63, 3.8) is 0 Å². The summed E-state index contributed by atoms with van der Waals surface area (Å²) in [5.74, 6) is 1.00. The van der Waals surface area contributed by atoms with E-state index >= 15 is 0 Å².